The zero-order chi connectivity index (χ0) is 14.6. The number of nitrogens with zero attached hydrogens (tertiary/aromatic N) is 2. The first-order valence-electron chi connectivity index (χ1n) is 6.86. The summed E-state index contributed by atoms with van der Waals surface area (Å²) in [7, 11) is 0. The van der Waals surface area contributed by atoms with Crippen LogP contribution in [0.2, 0.25) is 0 Å². The average Bonchev–Trinajstić information content (AvgIpc) is 2.45. The van der Waals surface area contributed by atoms with Crippen molar-refractivity contribution in [3.8, 4) is 0 Å². The second-order valence-electron chi connectivity index (χ2n) is 5.75. The van der Waals surface area contributed by atoms with Crippen LogP contribution >= 0.6 is 0 Å². The lowest BCUT2D eigenvalue weighted by molar-refractivity contribution is 0.122. The molecule has 0 aliphatic carbocycles. The maximum Gasteiger partial charge on any atom is 0.144 e. The quantitative estimate of drug-likeness (QED) is 0.635. The number of hydrogen-bond donors (Lipinski definition) is 0. The van der Waals surface area contributed by atoms with E-state index < -0.39 is 11.4 Å². The summed E-state index contributed by atoms with van der Waals surface area (Å²) < 4.78 is 21.3. The predicted molar refractivity (Wildman–Crippen MR) is 85.0 cm³/mol. The molecular formula is C15H22N2O2S. The Hall–Kier alpha value is -1.04. The fraction of sp³-hybridized carbons (Fsp3) is 0.533. The molecule has 1 aliphatic rings. The van der Waals surface area contributed by atoms with E-state index in [1.54, 1.807) is 6.21 Å². The molecule has 0 N–H and O–H groups in total. The van der Waals surface area contributed by atoms with Crippen LogP contribution in [-0.2, 0) is 16.1 Å². The molecule has 1 heterocycles. The largest absolute Gasteiger partial charge is 0.591 e. The lowest BCUT2D eigenvalue weighted by Crippen LogP contribution is -2.36. The lowest BCUT2D eigenvalue weighted by Gasteiger charge is -2.30. The van der Waals surface area contributed by atoms with Gasteiger partial charge in [-0.3, -0.25) is 0 Å². The van der Waals surface area contributed by atoms with E-state index in [0.717, 1.165) is 37.6 Å². The predicted octanol–water partition coefficient (Wildman–Crippen LogP) is 2.40. The highest BCUT2D eigenvalue weighted by Gasteiger charge is 2.26. The first-order valence-corrected chi connectivity index (χ1v) is 7.97. The molecular weight excluding hydrogens is 272 g/mol. The first kappa shape index (κ1) is 15.4. The Bertz CT molecular complexity index is 465. The molecule has 1 aliphatic heterocycles. The molecule has 20 heavy (non-hydrogen) atoms. The van der Waals surface area contributed by atoms with Crippen molar-refractivity contribution in [2.75, 3.05) is 31.2 Å². The molecule has 1 saturated heterocycles. The maximum absolute atomic E-state index is 12.0. The van der Waals surface area contributed by atoms with E-state index in [9.17, 15) is 4.55 Å². The summed E-state index contributed by atoms with van der Waals surface area (Å²) in [6, 6.07) is 8.08. The van der Waals surface area contributed by atoms with Crippen molar-refractivity contribution in [3.05, 3.63) is 29.8 Å². The molecule has 0 bridgehead atoms. The smallest absolute Gasteiger partial charge is 0.144 e. The molecule has 0 radical (unpaired) electrons. The number of ether oxygens (including phenoxy) is 1. The van der Waals surface area contributed by atoms with Crippen LogP contribution in [0.1, 0.15) is 26.3 Å². The second-order valence-corrected chi connectivity index (χ2v) is 7.69. The van der Waals surface area contributed by atoms with Gasteiger partial charge in [0.2, 0.25) is 0 Å². The van der Waals surface area contributed by atoms with E-state index in [2.05, 4.69) is 15.4 Å². The second kappa shape index (κ2) is 6.61. The molecule has 0 saturated carbocycles. The van der Waals surface area contributed by atoms with E-state index in [-0.39, 0.29) is 4.75 Å². The lowest BCUT2D eigenvalue weighted by atomic mass is 10.1. The van der Waals surface area contributed by atoms with Crippen molar-refractivity contribution in [3.63, 3.8) is 0 Å². The molecule has 5 heteroatoms. The van der Waals surface area contributed by atoms with Gasteiger partial charge in [0.1, 0.15) is 16.1 Å². The van der Waals surface area contributed by atoms with Crippen LogP contribution < -0.4 is 4.90 Å². The highest BCUT2D eigenvalue weighted by atomic mass is 32.2. The highest BCUT2D eigenvalue weighted by molar-refractivity contribution is 7.91. The minimum Gasteiger partial charge on any atom is -0.591 e. The number of anilines is 1. The summed E-state index contributed by atoms with van der Waals surface area (Å²) in [5.74, 6) is 0. The van der Waals surface area contributed by atoms with Gasteiger partial charge in [-0.15, -0.1) is 0 Å². The molecule has 0 unspecified atom stereocenters. The topological polar surface area (TPSA) is 47.9 Å². The molecule has 1 aromatic carbocycles. The van der Waals surface area contributed by atoms with E-state index in [4.69, 9.17) is 4.74 Å². The van der Waals surface area contributed by atoms with Crippen LogP contribution in [-0.4, -0.2) is 41.8 Å². The zero-order valence-corrected chi connectivity index (χ0v) is 13.2. The van der Waals surface area contributed by atoms with Gasteiger partial charge in [0, 0.05) is 24.3 Å². The van der Waals surface area contributed by atoms with Crippen molar-refractivity contribution >= 4 is 23.3 Å². The SMILES string of the molecule is CC(C)(C)[S@+]([O-])N=Cc1ccccc1N1CCOCC1. The van der Waals surface area contributed by atoms with Crippen LogP contribution in [0.4, 0.5) is 5.69 Å². The Morgan fingerprint density at radius 2 is 1.90 bits per heavy atom. The van der Waals surface area contributed by atoms with Crippen molar-refractivity contribution in [1.29, 1.82) is 0 Å². The minimum absolute atomic E-state index is 0.329. The van der Waals surface area contributed by atoms with Crippen LogP contribution in [0.5, 0.6) is 0 Å². The number of hydrogen-bond acceptors (Lipinski definition) is 4. The summed E-state index contributed by atoms with van der Waals surface area (Å²) in [5.41, 5.74) is 2.14. The average molecular weight is 294 g/mol. The van der Waals surface area contributed by atoms with Crippen molar-refractivity contribution in [2.45, 2.75) is 25.5 Å². The number of benzene rings is 1. The summed E-state index contributed by atoms with van der Waals surface area (Å²) in [6.07, 6.45) is 1.73. The van der Waals surface area contributed by atoms with Gasteiger partial charge in [0.25, 0.3) is 0 Å². The van der Waals surface area contributed by atoms with Gasteiger partial charge in [-0.05, 0) is 26.8 Å². The van der Waals surface area contributed by atoms with E-state index >= 15 is 0 Å². The van der Waals surface area contributed by atoms with E-state index in [1.165, 1.54) is 0 Å². The summed E-state index contributed by atoms with van der Waals surface area (Å²) in [6.45, 7) is 9.04. The summed E-state index contributed by atoms with van der Waals surface area (Å²) >= 11 is -1.22. The van der Waals surface area contributed by atoms with E-state index in [1.807, 2.05) is 39.0 Å². The molecule has 0 spiro atoms. The van der Waals surface area contributed by atoms with Gasteiger partial charge in [0.15, 0.2) is 0 Å². The summed E-state index contributed by atoms with van der Waals surface area (Å²) in [4.78, 5) is 2.28. The molecule has 0 amide bonds. The fourth-order valence-corrected chi connectivity index (χ4v) is 2.48. The van der Waals surface area contributed by atoms with Crippen LogP contribution in [0.3, 0.4) is 0 Å². The molecule has 2 rings (SSSR count). The van der Waals surface area contributed by atoms with Gasteiger partial charge in [-0.25, -0.2) is 0 Å². The van der Waals surface area contributed by atoms with E-state index in [0.29, 0.717) is 0 Å². The van der Waals surface area contributed by atoms with Crippen molar-refractivity contribution in [1.82, 2.24) is 0 Å². The van der Waals surface area contributed by atoms with Crippen LogP contribution in [0.25, 0.3) is 0 Å². The molecule has 110 valence electrons. The Balaban J connectivity index is 2.17. The third kappa shape index (κ3) is 3.98. The maximum atomic E-state index is 12.0. The van der Waals surface area contributed by atoms with Gasteiger partial charge in [-0.2, -0.15) is 0 Å². The molecule has 1 aromatic rings. The molecule has 4 nitrogen and oxygen atoms in total. The van der Waals surface area contributed by atoms with Gasteiger partial charge < -0.3 is 14.2 Å². The molecule has 1 atom stereocenters. The fourth-order valence-electron chi connectivity index (χ4n) is 1.95. The molecule has 1 fully saturated rings. The minimum atomic E-state index is -1.22. The van der Waals surface area contributed by atoms with Crippen molar-refractivity contribution < 1.29 is 9.29 Å². The monoisotopic (exact) mass is 294 g/mol. The molecule has 0 aromatic heterocycles. The summed E-state index contributed by atoms with van der Waals surface area (Å²) in [5, 5.41) is 0. The third-order valence-corrected chi connectivity index (χ3v) is 4.44. The third-order valence-electron chi connectivity index (χ3n) is 3.10. The Morgan fingerprint density at radius 1 is 1.25 bits per heavy atom. The van der Waals surface area contributed by atoms with Crippen LogP contribution in [0, 0.1) is 0 Å². The Kier molecular flexibility index (Phi) is 5.07. The first-order chi connectivity index (χ1) is 9.48. The van der Waals surface area contributed by atoms with Gasteiger partial charge in [-0.1, -0.05) is 22.6 Å². The van der Waals surface area contributed by atoms with Crippen LogP contribution in [0.15, 0.2) is 28.7 Å². The number of para-hydroxylation sites is 1. The standard InChI is InChI=1S/C15H22N2O2S/c1-15(2,3)20(18)16-12-13-6-4-5-7-14(13)17-8-10-19-11-9-17/h4-7,12H,8-11H2,1-3H3/t20-/m0/s1. The normalized spacial score (nSPS) is 18.5. The number of morpholine rings is 1. The van der Waals surface area contributed by atoms with Crippen molar-refractivity contribution in [2.24, 2.45) is 4.40 Å². The van der Waals surface area contributed by atoms with Gasteiger partial charge in [0.05, 0.1) is 19.4 Å². The van der Waals surface area contributed by atoms with Gasteiger partial charge >= 0.3 is 0 Å². The number of rotatable bonds is 3. The highest BCUT2D eigenvalue weighted by Crippen LogP contribution is 2.22. The zero-order valence-electron chi connectivity index (χ0n) is 12.3. The Labute approximate surface area is 124 Å². The Morgan fingerprint density at radius 3 is 2.55 bits per heavy atom.